The molecule has 5 heteroatoms. The first-order valence-electron chi connectivity index (χ1n) is 2.84. The number of ether oxygens (including phenoxy) is 1. The number of hydrogen-bond acceptors (Lipinski definition) is 4. The van der Waals surface area contributed by atoms with Crippen molar-refractivity contribution in [1.82, 2.24) is 11.5 Å². The fourth-order valence-corrected chi connectivity index (χ4v) is 0.717. The molecule has 5 N–H and O–H groups in total. The average Bonchev–Trinajstić information content (AvgIpc) is 1.90. The molecule has 60 valence electrons. The highest BCUT2D eigenvalue weighted by Crippen LogP contribution is 1.92. The third kappa shape index (κ3) is 2.30. The van der Waals surface area contributed by atoms with E-state index in [9.17, 15) is 9.90 Å². The zero-order valence-electron chi connectivity index (χ0n) is 5.92. The maximum absolute atomic E-state index is 10.1. The number of nitrogens with one attached hydrogen (secondary N) is 1. The monoisotopic (exact) mass is 148 g/mol. The quantitative estimate of drug-likeness (QED) is 0.453. The van der Waals surface area contributed by atoms with E-state index in [0.717, 1.165) is 6.54 Å². The molecule has 0 aromatic heterocycles. The molecule has 0 spiro atoms. The van der Waals surface area contributed by atoms with E-state index < -0.39 is 12.1 Å². The van der Waals surface area contributed by atoms with Crippen molar-refractivity contribution in [3.05, 3.63) is 0 Å². The highest BCUT2D eigenvalue weighted by molar-refractivity contribution is 5.70. The Morgan fingerprint density at radius 3 is 2.70 bits per heavy atom. The van der Waals surface area contributed by atoms with E-state index in [2.05, 4.69) is 5.32 Å². The van der Waals surface area contributed by atoms with E-state index in [1.807, 2.05) is 0 Å². The van der Waals surface area contributed by atoms with Crippen LogP contribution in [0.3, 0.4) is 0 Å². The molecule has 1 aliphatic rings. The summed E-state index contributed by atoms with van der Waals surface area (Å²) in [7, 11) is 0. The highest BCUT2D eigenvalue weighted by Gasteiger charge is 2.12. The van der Waals surface area contributed by atoms with Crippen molar-refractivity contribution in [2.45, 2.75) is 6.10 Å². The SMILES string of the molecule is O=C([O-])C1CNCCO1.[NH4+]. The van der Waals surface area contributed by atoms with Crippen LogP contribution in [0.1, 0.15) is 0 Å². The molecule has 5 nitrogen and oxygen atoms in total. The van der Waals surface area contributed by atoms with Crippen molar-refractivity contribution in [1.29, 1.82) is 0 Å². The number of carboxylic acid groups (broad SMARTS) is 1. The minimum atomic E-state index is -1.14. The summed E-state index contributed by atoms with van der Waals surface area (Å²) < 4.78 is 4.81. The van der Waals surface area contributed by atoms with E-state index in [1.165, 1.54) is 0 Å². The van der Waals surface area contributed by atoms with Crippen molar-refractivity contribution in [2.75, 3.05) is 19.7 Å². The Labute approximate surface area is 58.9 Å². The van der Waals surface area contributed by atoms with Crippen molar-refractivity contribution in [2.24, 2.45) is 0 Å². The first kappa shape index (κ1) is 9.35. The van der Waals surface area contributed by atoms with Crippen LogP contribution < -0.4 is 16.6 Å². The second kappa shape index (κ2) is 4.21. The van der Waals surface area contributed by atoms with Crippen LogP contribution in [0.5, 0.6) is 0 Å². The molecule has 1 aliphatic heterocycles. The summed E-state index contributed by atoms with van der Waals surface area (Å²) >= 11 is 0. The molecule has 1 saturated heterocycles. The summed E-state index contributed by atoms with van der Waals surface area (Å²) in [4.78, 5) is 10.1. The number of morpholine rings is 1. The molecule has 0 aliphatic carbocycles. The second-order valence-corrected chi connectivity index (χ2v) is 1.88. The number of carboxylic acids is 1. The number of aliphatic carboxylic acids is 1. The van der Waals surface area contributed by atoms with E-state index in [4.69, 9.17) is 4.74 Å². The Morgan fingerprint density at radius 1 is 1.70 bits per heavy atom. The van der Waals surface area contributed by atoms with E-state index >= 15 is 0 Å². The van der Waals surface area contributed by atoms with Crippen LogP contribution in [0.15, 0.2) is 0 Å². The molecule has 1 fully saturated rings. The molecular weight excluding hydrogens is 136 g/mol. The van der Waals surface area contributed by atoms with Crippen molar-refractivity contribution in [3.63, 3.8) is 0 Å². The van der Waals surface area contributed by atoms with Gasteiger partial charge in [0.25, 0.3) is 0 Å². The van der Waals surface area contributed by atoms with E-state index in [-0.39, 0.29) is 6.15 Å². The third-order valence-electron chi connectivity index (χ3n) is 1.19. The van der Waals surface area contributed by atoms with Crippen molar-refractivity contribution < 1.29 is 14.6 Å². The van der Waals surface area contributed by atoms with Crippen LogP contribution in [0.4, 0.5) is 0 Å². The van der Waals surface area contributed by atoms with Gasteiger partial charge in [-0.15, -0.1) is 0 Å². The minimum Gasteiger partial charge on any atom is -0.547 e. The fourth-order valence-electron chi connectivity index (χ4n) is 0.717. The van der Waals surface area contributed by atoms with Gasteiger partial charge in [-0.25, -0.2) is 0 Å². The van der Waals surface area contributed by atoms with Gasteiger partial charge in [-0.05, 0) is 0 Å². The van der Waals surface area contributed by atoms with Gasteiger partial charge in [0.2, 0.25) is 0 Å². The lowest BCUT2D eigenvalue weighted by molar-refractivity contribution is -0.317. The summed E-state index contributed by atoms with van der Waals surface area (Å²) in [5.41, 5.74) is 0. The largest absolute Gasteiger partial charge is 0.547 e. The molecule has 1 unspecified atom stereocenters. The van der Waals surface area contributed by atoms with Crippen LogP contribution in [0, 0.1) is 0 Å². The molecule has 0 radical (unpaired) electrons. The van der Waals surface area contributed by atoms with Gasteiger partial charge in [0, 0.05) is 13.1 Å². The summed E-state index contributed by atoms with van der Waals surface area (Å²) in [6, 6.07) is 0. The Kier molecular flexibility index (Phi) is 3.94. The van der Waals surface area contributed by atoms with Gasteiger partial charge in [-0.2, -0.15) is 0 Å². The molecule has 0 bridgehead atoms. The highest BCUT2D eigenvalue weighted by atomic mass is 16.5. The Balaban J connectivity index is 0.000000810. The van der Waals surface area contributed by atoms with Crippen LogP contribution >= 0.6 is 0 Å². The molecule has 0 amide bonds. The molecular formula is C5H12N2O3. The van der Waals surface area contributed by atoms with Gasteiger partial charge >= 0.3 is 0 Å². The number of quaternary nitrogens is 1. The number of carbonyl (C=O) groups is 1. The first-order valence-corrected chi connectivity index (χ1v) is 2.84. The summed E-state index contributed by atoms with van der Waals surface area (Å²) in [5, 5.41) is 12.9. The molecule has 0 aromatic carbocycles. The van der Waals surface area contributed by atoms with E-state index in [1.54, 1.807) is 0 Å². The second-order valence-electron chi connectivity index (χ2n) is 1.88. The van der Waals surface area contributed by atoms with Crippen molar-refractivity contribution in [3.8, 4) is 0 Å². The number of rotatable bonds is 1. The maximum atomic E-state index is 10.1. The number of hydrogen-bond donors (Lipinski definition) is 2. The molecule has 0 saturated carbocycles. The van der Waals surface area contributed by atoms with E-state index in [0.29, 0.717) is 13.2 Å². The zero-order chi connectivity index (χ0) is 6.69. The lowest BCUT2D eigenvalue weighted by Crippen LogP contribution is -2.48. The van der Waals surface area contributed by atoms with Crippen molar-refractivity contribution >= 4 is 5.97 Å². The molecule has 1 heterocycles. The standard InChI is InChI=1S/C5H9NO3.H3N/c7-5(8)4-3-6-1-2-9-4;/h4,6H,1-3H2,(H,7,8);1H3. The molecule has 1 rings (SSSR count). The fraction of sp³-hybridized carbons (Fsp3) is 0.800. The Hall–Kier alpha value is -0.650. The van der Waals surface area contributed by atoms with Crippen LogP contribution in [-0.2, 0) is 9.53 Å². The van der Waals surface area contributed by atoms with Gasteiger partial charge in [-0.1, -0.05) is 0 Å². The summed E-state index contributed by atoms with van der Waals surface area (Å²) in [6.07, 6.45) is -0.751. The summed E-state index contributed by atoms with van der Waals surface area (Å²) in [5.74, 6) is -1.14. The molecule has 1 atom stereocenters. The predicted molar refractivity (Wildman–Crippen MR) is 33.6 cm³/mol. The van der Waals surface area contributed by atoms with Gasteiger partial charge in [0.15, 0.2) is 0 Å². The number of carbonyl (C=O) groups excluding carboxylic acids is 1. The van der Waals surface area contributed by atoms with Crippen LogP contribution in [0.25, 0.3) is 0 Å². The molecule has 0 aromatic rings. The van der Waals surface area contributed by atoms with Crippen LogP contribution in [0.2, 0.25) is 0 Å². The third-order valence-corrected chi connectivity index (χ3v) is 1.19. The Bertz CT molecular complexity index is 111. The molecule has 10 heavy (non-hydrogen) atoms. The lowest BCUT2D eigenvalue weighted by Gasteiger charge is -2.23. The maximum Gasteiger partial charge on any atom is 0.109 e. The predicted octanol–water partition coefficient (Wildman–Crippen LogP) is -1.90. The lowest BCUT2D eigenvalue weighted by atomic mass is 10.3. The Morgan fingerprint density at radius 2 is 2.40 bits per heavy atom. The van der Waals surface area contributed by atoms with Gasteiger partial charge in [-0.3, -0.25) is 0 Å². The zero-order valence-corrected chi connectivity index (χ0v) is 5.92. The van der Waals surface area contributed by atoms with Crippen LogP contribution in [-0.4, -0.2) is 31.8 Å². The normalized spacial score (nSPS) is 25.0. The topological polar surface area (TPSA) is 97.9 Å². The smallest absolute Gasteiger partial charge is 0.109 e. The average molecular weight is 148 g/mol. The van der Waals surface area contributed by atoms with Gasteiger partial charge < -0.3 is 26.1 Å². The summed E-state index contributed by atoms with van der Waals surface area (Å²) in [6.45, 7) is 1.55. The minimum absolute atomic E-state index is 0. The van der Waals surface area contributed by atoms with Gasteiger partial charge in [0.05, 0.1) is 12.6 Å². The first-order chi connectivity index (χ1) is 4.30. The van der Waals surface area contributed by atoms with Gasteiger partial charge in [0.1, 0.15) is 6.10 Å².